The highest BCUT2D eigenvalue weighted by Crippen LogP contribution is 2.20. The lowest BCUT2D eigenvalue weighted by atomic mass is 10.4. The zero-order valence-electron chi connectivity index (χ0n) is 7.91. The van der Waals surface area contributed by atoms with E-state index in [2.05, 4.69) is 15.0 Å². The molecule has 4 nitrogen and oxygen atoms in total. The quantitative estimate of drug-likeness (QED) is 0.776. The fourth-order valence-electron chi connectivity index (χ4n) is 1.20. The molecule has 2 rings (SSSR count). The van der Waals surface area contributed by atoms with Crippen molar-refractivity contribution in [3.8, 4) is 5.88 Å². The topological polar surface area (TPSA) is 50.8 Å². The van der Waals surface area contributed by atoms with Gasteiger partial charge in [0.15, 0.2) is 5.65 Å². The van der Waals surface area contributed by atoms with Gasteiger partial charge < -0.3 is 9.72 Å². The number of H-pyrrole nitrogens is 1. The number of nitrogens with one attached hydrogen (secondary N) is 1. The largest absolute Gasteiger partial charge is 0.481 e. The number of aromatic nitrogens is 3. The third-order valence-corrected chi connectivity index (χ3v) is 2.13. The highest BCUT2D eigenvalue weighted by Gasteiger charge is 2.08. The van der Waals surface area contributed by atoms with E-state index in [-0.39, 0.29) is 5.38 Å². The Bertz CT molecular complexity index is 452. The summed E-state index contributed by atoms with van der Waals surface area (Å²) in [5, 5.41) is -0.143. The van der Waals surface area contributed by atoms with Crippen molar-refractivity contribution in [2.75, 3.05) is 7.11 Å². The van der Waals surface area contributed by atoms with E-state index in [9.17, 15) is 0 Å². The number of imidazole rings is 1. The van der Waals surface area contributed by atoms with Crippen LogP contribution in [-0.4, -0.2) is 22.1 Å². The molecule has 1 atom stereocenters. The summed E-state index contributed by atoms with van der Waals surface area (Å²) in [5.74, 6) is 1.28. The van der Waals surface area contributed by atoms with Crippen LogP contribution in [0.4, 0.5) is 0 Å². The molecule has 1 N–H and O–H groups in total. The summed E-state index contributed by atoms with van der Waals surface area (Å²) in [6.07, 6.45) is 0. The van der Waals surface area contributed by atoms with E-state index in [1.165, 1.54) is 0 Å². The molecule has 0 saturated heterocycles. The molecule has 1 unspecified atom stereocenters. The predicted molar refractivity (Wildman–Crippen MR) is 54.7 cm³/mol. The normalized spacial score (nSPS) is 13.1. The van der Waals surface area contributed by atoms with Crippen LogP contribution in [0, 0.1) is 0 Å². The smallest absolute Gasteiger partial charge is 0.215 e. The fraction of sp³-hybridized carbons (Fsp3) is 0.333. The Balaban J connectivity index is 2.54. The molecule has 2 heterocycles. The van der Waals surface area contributed by atoms with Crippen molar-refractivity contribution in [1.29, 1.82) is 0 Å². The summed E-state index contributed by atoms with van der Waals surface area (Å²) in [7, 11) is 1.58. The number of nitrogens with zero attached hydrogens (tertiary/aromatic N) is 2. The van der Waals surface area contributed by atoms with Crippen LogP contribution in [0.25, 0.3) is 11.2 Å². The van der Waals surface area contributed by atoms with Crippen LogP contribution in [-0.2, 0) is 0 Å². The summed E-state index contributed by atoms with van der Waals surface area (Å²) in [5.41, 5.74) is 1.50. The fourth-order valence-corrected chi connectivity index (χ4v) is 1.30. The zero-order valence-corrected chi connectivity index (χ0v) is 8.67. The molecule has 0 aliphatic rings. The number of hydrogen-bond acceptors (Lipinski definition) is 3. The van der Waals surface area contributed by atoms with Gasteiger partial charge >= 0.3 is 0 Å². The Morgan fingerprint density at radius 1 is 1.43 bits per heavy atom. The van der Waals surface area contributed by atoms with Crippen LogP contribution >= 0.6 is 11.6 Å². The molecule has 0 bridgehead atoms. The number of halogens is 1. The van der Waals surface area contributed by atoms with E-state index < -0.39 is 0 Å². The van der Waals surface area contributed by atoms with Crippen LogP contribution < -0.4 is 4.74 Å². The third-order valence-electron chi connectivity index (χ3n) is 1.92. The van der Waals surface area contributed by atoms with Crippen LogP contribution in [0.1, 0.15) is 18.1 Å². The summed E-state index contributed by atoms with van der Waals surface area (Å²) in [4.78, 5) is 11.5. The summed E-state index contributed by atoms with van der Waals surface area (Å²) >= 11 is 5.90. The zero-order chi connectivity index (χ0) is 10.1. The van der Waals surface area contributed by atoms with Crippen molar-refractivity contribution in [1.82, 2.24) is 15.0 Å². The first kappa shape index (κ1) is 9.27. The molecule has 5 heteroatoms. The van der Waals surface area contributed by atoms with Crippen molar-refractivity contribution in [3.05, 3.63) is 18.0 Å². The maximum Gasteiger partial charge on any atom is 0.215 e. The van der Waals surface area contributed by atoms with Gasteiger partial charge in [-0.1, -0.05) is 0 Å². The number of pyridine rings is 1. The van der Waals surface area contributed by atoms with Crippen LogP contribution in [0.5, 0.6) is 5.88 Å². The molecule has 0 amide bonds. The molecule has 2 aromatic heterocycles. The molecular weight excluding hydrogens is 202 g/mol. The Morgan fingerprint density at radius 3 is 2.86 bits per heavy atom. The van der Waals surface area contributed by atoms with Crippen molar-refractivity contribution >= 4 is 22.8 Å². The number of hydrogen-bond donors (Lipinski definition) is 1. The molecule has 0 spiro atoms. The summed E-state index contributed by atoms with van der Waals surface area (Å²) in [6.45, 7) is 1.86. The first-order valence-corrected chi connectivity index (χ1v) is 4.69. The second kappa shape index (κ2) is 3.46. The van der Waals surface area contributed by atoms with Crippen molar-refractivity contribution < 1.29 is 4.74 Å². The number of fused-ring (bicyclic) bond motifs is 1. The molecule has 2 aromatic rings. The predicted octanol–water partition coefficient (Wildman–Crippen LogP) is 2.27. The van der Waals surface area contributed by atoms with Crippen molar-refractivity contribution in [2.24, 2.45) is 0 Å². The van der Waals surface area contributed by atoms with E-state index in [4.69, 9.17) is 16.3 Å². The molecular formula is C9H10ClN3O. The Kier molecular flexibility index (Phi) is 2.29. The van der Waals surface area contributed by atoms with E-state index in [1.807, 2.05) is 13.0 Å². The highest BCUT2D eigenvalue weighted by molar-refractivity contribution is 6.20. The lowest BCUT2D eigenvalue weighted by molar-refractivity contribution is 0.399. The number of alkyl halides is 1. The van der Waals surface area contributed by atoms with Gasteiger partial charge in [-0.05, 0) is 13.0 Å². The second-order valence-electron chi connectivity index (χ2n) is 2.96. The van der Waals surface area contributed by atoms with E-state index in [1.54, 1.807) is 13.2 Å². The van der Waals surface area contributed by atoms with E-state index in [0.717, 1.165) is 11.3 Å². The van der Waals surface area contributed by atoms with Gasteiger partial charge in [0.25, 0.3) is 0 Å². The van der Waals surface area contributed by atoms with Gasteiger partial charge in [-0.2, -0.15) is 4.98 Å². The van der Waals surface area contributed by atoms with Gasteiger partial charge in [-0.25, -0.2) is 4.98 Å². The molecule has 0 aliphatic carbocycles. The van der Waals surface area contributed by atoms with Gasteiger partial charge in [-0.15, -0.1) is 11.6 Å². The number of rotatable bonds is 2. The minimum Gasteiger partial charge on any atom is -0.481 e. The van der Waals surface area contributed by atoms with Gasteiger partial charge in [0.1, 0.15) is 5.82 Å². The molecule has 0 radical (unpaired) electrons. The Hall–Kier alpha value is -1.29. The standard InChI is InChI=1S/C9H10ClN3O/c1-5(10)8-11-6-3-4-7(14-2)12-9(6)13-8/h3-5H,1-2H3,(H,11,12,13). The number of methoxy groups -OCH3 is 1. The minimum atomic E-state index is -0.143. The molecule has 0 aromatic carbocycles. The minimum absolute atomic E-state index is 0.143. The molecule has 0 fully saturated rings. The van der Waals surface area contributed by atoms with Gasteiger partial charge in [0.05, 0.1) is 18.0 Å². The van der Waals surface area contributed by atoms with Crippen LogP contribution in [0.3, 0.4) is 0 Å². The maximum absolute atomic E-state index is 5.90. The average molecular weight is 212 g/mol. The first-order valence-electron chi connectivity index (χ1n) is 4.25. The molecule has 14 heavy (non-hydrogen) atoms. The lowest BCUT2D eigenvalue weighted by Gasteiger charge is -1.95. The third kappa shape index (κ3) is 1.53. The second-order valence-corrected chi connectivity index (χ2v) is 3.62. The summed E-state index contributed by atoms with van der Waals surface area (Å²) in [6, 6.07) is 3.65. The monoisotopic (exact) mass is 211 g/mol. The Labute approximate surface area is 86.3 Å². The molecule has 0 aliphatic heterocycles. The maximum atomic E-state index is 5.90. The van der Waals surface area contributed by atoms with Crippen molar-refractivity contribution in [2.45, 2.75) is 12.3 Å². The number of ether oxygens (including phenoxy) is 1. The molecule has 0 saturated carbocycles. The first-order chi connectivity index (χ1) is 6.70. The number of aromatic amines is 1. The summed E-state index contributed by atoms with van der Waals surface area (Å²) < 4.78 is 4.99. The average Bonchev–Trinajstić information content (AvgIpc) is 2.59. The molecule has 74 valence electrons. The SMILES string of the molecule is COc1ccc2[nH]c(C(C)Cl)nc2n1. The Morgan fingerprint density at radius 2 is 2.21 bits per heavy atom. The lowest BCUT2D eigenvalue weighted by Crippen LogP contribution is -1.87. The van der Waals surface area contributed by atoms with Crippen LogP contribution in [0.15, 0.2) is 12.1 Å². The van der Waals surface area contributed by atoms with Crippen molar-refractivity contribution in [3.63, 3.8) is 0 Å². The van der Waals surface area contributed by atoms with Crippen LogP contribution in [0.2, 0.25) is 0 Å². The van der Waals surface area contributed by atoms with Gasteiger partial charge in [0.2, 0.25) is 5.88 Å². The highest BCUT2D eigenvalue weighted by atomic mass is 35.5. The van der Waals surface area contributed by atoms with Gasteiger partial charge in [-0.3, -0.25) is 0 Å². The van der Waals surface area contributed by atoms with Gasteiger partial charge in [0, 0.05) is 6.07 Å². The van der Waals surface area contributed by atoms with E-state index in [0.29, 0.717) is 11.5 Å². The van der Waals surface area contributed by atoms with E-state index >= 15 is 0 Å².